The molecule has 0 aromatic carbocycles. The average molecular weight is 499 g/mol. The molecular weight excluding hydrogens is 456 g/mol. The van der Waals surface area contributed by atoms with E-state index in [-0.39, 0.29) is 17.2 Å². The van der Waals surface area contributed by atoms with Gasteiger partial charge in [-0.1, -0.05) is 64.6 Å². The lowest BCUT2D eigenvalue weighted by Gasteiger charge is -2.47. The van der Waals surface area contributed by atoms with E-state index < -0.39 is 27.8 Å². The van der Waals surface area contributed by atoms with Crippen LogP contribution in [0.1, 0.15) is 59.3 Å². The molecule has 0 aromatic heterocycles. The largest absolute Gasteiger partial charge is 0.398 e. The summed E-state index contributed by atoms with van der Waals surface area (Å²) in [6.45, 7) is 17.8. The van der Waals surface area contributed by atoms with Crippen molar-refractivity contribution in [3.8, 4) is 23.3 Å². The number of rotatable bonds is 3. The maximum Gasteiger partial charge on any atom is 0.194 e. The van der Waals surface area contributed by atoms with Crippen LogP contribution >= 0.6 is 0 Å². The second kappa shape index (κ2) is 9.92. The van der Waals surface area contributed by atoms with Crippen LogP contribution in [0.5, 0.6) is 0 Å². The van der Waals surface area contributed by atoms with Crippen molar-refractivity contribution in [1.82, 2.24) is 0 Å². The predicted octanol–water partition coefficient (Wildman–Crippen LogP) is 6.16. The summed E-state index contributed by atoms with van der Waals surface area (Å²) in [5, 5.41) is -0.0136. The Labute approximate surface area is 209 Å². The van der Waals surface area contributed by atoms with E-state index in [1.165, 1.54) is 6.42 Å². The van der Waals surface area contributed by atoms with Gasteiger partial charge in [-0.05, 0) is 54.8 Å². The molecule has 3 aliphatic rings. The van der Waals surface area contributed by atoms with E-state index in [0.29, 0.717) is 12.0 Å². The number of aldehydes is 1. The molecule has 4 nitrogen and oxygen atoms in total. The summed E-state index contributed by atoms with van der Waals surface area (Å²) in [6.07, 6.45) is 11.3. The first-order valence-electron chi connectivity index (χ1n) is 12.6. The summed E-state index contributed by atoms with van der Waals surface area (Å²) < 4.78 is 20.4. The minimum atomic E-state index is -2.26. The molecule has 1 spiro atoms. The SMILES string of the molecule is CC(C)(C)[Si](C)(C)O[C@@]1(C#C/C=C\C#C[Si](C)(C)C)CC(C=O)=C[C@H]2OC3(CCCCC3)O[C@H]21. The standard InChI is InChI=1S/C28H42O4Si2/c1-26(2,3)34(7,8)32-27(16-12-9-10-15-19-33(4,5)6)21-23(22-29)20-24-25(27)31-28(30-24)17-13-11-14-18-28/h9-10,20,22,24-25H,11,13-14,17-18,21H2,1-8H3/b10-9-/t24-,25-,27+/m1/s1. The molecule has 1 aliphatic heterocycles. The molecule has 2 fully saturated rings. The van der Waals surface area contributed by atoms with Crippen LogP contribution < -0.4 is 0 Å². The number of hydrogen-bond donors (Lipinski definition) is 0. The fourth-order valence-electron chi connectivity index (χ4n) is 4.55. The van der Waals surface area contributed by atoms with Gasteiger partial charge in [-0.25, -0.2) is 0 Å². The van der Waals surface area contributed by atoms with E-state index in [1.54, 1.807) is 6.08 Å². The monoisotopic (exact) mass is 498 g/mol. The number of ether oxygens (including phenoxy) is 2. The molecule has 0 aromatic rings. The minimum Gasteiger partial charge on any atom is -0.398 e. The number of fused-ring (bicyclic) bond motifs is 1. The molecule has 1 saturated heterocycles. The molecule has 6 heteroatoms. The lowest BCUT2D eigenvalue weighted by molar-refractivity contribution is -0.201. The zero-order valence-electron chi connectivity index (χ0n) is 22.3. The Morgan fingerprint density at radius 2 is 1.68 bits per heavy atom. The van der Waals surface area contributed by atoms with Crippen molar-refractivity contribution in [1.29, 1.82) is 0 Å². The Morgan fingerprint density at radius 3 is 2.26 bits per heavy atom. The van der Waals surface area contributed by atoms with Crippen LogP contribution in [0, 0.1) is 23.3 Å². The molecular formula is C28H42O4Si2. The van der Waals surface area contributed by atoms with Crippen LogP contribution in [-0.2, 0) is 18.7 Å². The number of hydrogen-bond acceptors (Lipinski definition) is 4. The fourth-order valence-corrected chi connectivity index (χ4v) is 6.52. The Bertz CT molecular complexity index is 953. The highest BCUT2D eigenvalue weighted by molar-refractivity contribution is 6.83. The van der Waals surface area contributed by atoms with Gasteiger partial charge in [0.2, 0.25) is 0 Å². The second-order valence-electron chi connectivity index (χ2n) is 12.5. The van der Waals surface area contributed by atoms with Crippen molar-refractivity contribution in [2.75, 3.05) is 0 Å². The number of carbonyl (C=O) groups excluding carboxylic acids is 1. The van der Waals surface area contributed by atoms with E-state index in [9.17, 15) is 4.79 Å². The molecule has 0 bridgehead atoms. The molecule has 3 rings (SSSR count). The zero-order chi connectivity index (χ0) is 25.3. The maximum atomic E-state index is 12.0. The molecule has 2 aliphatic carbocycles. The highest BCUT2D eigenvalue weighted by atomic mass is 28.4. The molecule has 0 amide bonds. The Balaban J connectivity index is 2.03. The third-order valence-electron chi connectivity index (χ3n) is 7.29. The van der Waals surface area contributed by atoms with Gasteiger partial charge >= 0.3 is 0 Å². The van der Waals surface area contributed by atoms with Gasteiger partial charge in [-0.3, -0.25) is 4.79 Å². The molecule has 0 radical (unpaired) electrons. The molecule has 0 unspecified atom stereocenters. The summed E-state index contributed by atoms with van der Waals surface area (Å²) in [4.78, 5) is 12.0. The average Bonchev–Trinajstić information content (AvgIpc) is 3.07. The van der Waals surface area contributed by atoms with Crippen molar-refractivity contribution in [3.63, 3.8) is 0 Å². The van der Waals surface area contributed by atoms with Gasteiger partial charge in [0, 0.05) is 19.3 Å². The Morgan fingerprint density at radius 1 is 1.03 bits per heavy atom. The number of carbonyl (C=O) groups is 1. The first-order valence-corrected chi connectivity index (χ1v) is 19.0. The van der Waals surface area contributed by atoms with Crippen molar-refractivity contribution >= 4 is 22.7 Å². The molecule has 3 atom stereocenters. The molecule has 1 saturated carbocycles. The zero-order valence-corrected chi connectivity index (χ0v) is 24.3. The first-order chi connectivity index (χ1) is 15.7. The third kappa shape index (κ3) is 6.22. The summed E-state index contributed by atoms with van der Waals surface area (Å²) in [7, 11) is -3.69. The van der Waals surface area contributed by atoms with Crippen LogP contribution in [0.2, 0.25) is 37.8 Å². The number of allylic oxidation sites excluding steroid dienone is 2. The Hall–Kier alpha value is -1.42. The van der Waals surface area contributed by atoms with Crippen molar-refractivity contribution in [2.24, 2.45) is 0 Å². The highest BCUT2D eigenvalue weighted by Crippen LogP contribution is 2.50. The van der Waals surface area contributed by atoms with Gasteiger partial charge in [0.25, 0.3) is 0 Å². The van der Waals surface area contributed by atoms with Crippen molar-refractivity contribution < 1.29 is 18.7 Å². The molecule has 0 N–H and O–H groups in total. The quantitative estimate of drug-likeness (QED) is 0.265. The van der Waals surface area contributed by atoms with Crippen molar-refractivity contribution in [3.05, 3.63) is 23.8 Å². The van der Waals surface area contributed by atoms with Gasteiger partial charge in [-0.15, -0.1) is 5.54 Å². The van der Waals surface area contributed by atoms with E-state index in [1.807, 2.05) is 12.2 Å². The Kier molecular flexibility index (Phi) is 7.93. The van der Waals surface area contributed by atoms with Gasteiger partial charge in [-0.2, -0.15) is 0 Å². The second-order valence-corrected chi connectivity index (χ2v) is 22.0. The van der Waals surface area contributed by atoms with E-state index in [4.69, 9.17) is 13.9 Å². The van der Waals surface area contributed by atoms with E-state index >= 15 is 0 Å². The van der Waals surface area contributed by atoms with Gasteiger partial charge < -0.3 is 13.9 Å². The van der Waals surface area contributed by atoms with Gasteiger partial charge in [0.15, 0.2) is 19.7 Å². The lowest BCUT2D eigenvalue weighted by atomic mass is 9.81. The third-order valence-corrected chi connectivity index (χ3v) is 12.7. The topological polar surface area (TPSA) is 44.8 Å². The lowest BCUT2D eigenvalue weighted by Crippen LogP contribution is -2.58. The minimum absolute atomic E-state index is 0.0136. The normalized spacial score (nSPS) is 29.0. The molecule has 186 valence electrons. The predicted molar refractivity (Wildman–Crippen MR) is 143 cm³/mol. The van der Waals surface area contributed by atoms with Crippen LogP contribution in [0.15, 0.2) is 23.8 Å². The smallest absolute Gasteiger partial charge is 0.194 e. The van der Waals surface area contributed by atoms with Crippen LogP contribution in [0.25, 0.3) is 0 Å². The summed E-state index contributed by atoms with van der Waals surface area (Å²) >= 11 is 0. The molecule has 34 heavy (non-hydrogen) atoms. The summed E-state index contributed by atoms with van der Waals surface area (Å²) in [5.41, 5.74) is 3.07. The first kappa shape index (κ1) is 27.2. The van der Waals surface area contributed by atoms with Crippen LogP contribution in [0.3, 0.4) is 0 Å². The van der Waals surface area contributed by atoms with E-state index in [2.05, 4.69) is 76.8 Å². The maximum absolute atomic E-state index is 12.0. The van der Waals surface area contributed by atoms with E-state index in [0.717, 1.165) is 32.0 Å². The molecule has 1 heterocycles. The summed E-state index contributed by atoms with van der Waals surface area (Å²) in [5.74, 6) is 9.18. The van der Waals surface area contributed by atoms with Gasteiger partial charge in [0.05, 0.1) is 0 Å². The summed E-state index contributed by atoms with van der Waals surface area (Å²) in [6, 6.07) is 0. The highest BCUT2D eigenvalue weighted by Gasteiger charge is 2.60. The van der Waals surface area contributed by atoms with Gasteiger partial charge in [0.1, 0.15) is 26.6 Å². The van der Waals surface area contributed by atoms with Crippen LogP contribution in [0.4, 0.5) is 0 Å². The fraction of sp³-hybridized carbons (Fsp3) is 0.679. The van der Waals surface area contributed by atoms with Crippen molar-refractivity contribution in [2.45, 2.75) is 121 Å². The van der Waals surface area contributed by atoms with Crippen LogP contribution in [-0.4, -0.2) is 46.3 Å².